The van der Waals surface area contributed by atoms with Gasteiger partial charge in [-0.1, -0.05) is 28.1 Å². The summed E-state index contributed by atoms with van der Waals surface area (Å²) in [5.74, 6) is 5.45. The lowest BCUT2D eigenvalue weighted by Gasteiger charge is -2.34. The Bertz CT molecular complexity index is 1280. The normalized spacial score (nSPS) is 14.5. The fourth-order valence-corrected chi connectivity index (χ4v) is 3.65. The van der Waals surface area contributed by atoms with Crippen molar-refractivity contribution in [3.63, 3.8) is 0 Å². The first-order chi connectivity index (χ1) is 15.9. The summed E-state index contributed by atoms with van der Waals surface area (Å²) in [4.78, 5) is 25.9. The third kappa shape index (κ3) is 4.70. The van der Waals surface area contributed by atoms with Crippen molar-refractivity contribution < 1.29 is 14.3 Å². The highest BCUT2D eigenvalue weighted by Gasteiger charge is 2.31. The van der Waals surface area contributed by atoms with E-state index in [1.807, 2.05) is 25.1 Å². The van der Waals surface area contributed by atoms with Gasteiger partial charge in [0, 0.05) is 21.9 Å². The molecule has 11 nitrogen and oxygen atoms in total. The number of anilines is 1. The van der Waals surface area contributed by atoms with E-state index in [0.717, 1.165) is 10.0 Å². The molecule has 1 saturated heterocycles. The van der Waals surface area contributed by atoms with Crippen LogP contribution in [-0.2, 0) is 4.74 Å². The maximum atomic E-state index is 13.0. The summed E-state index contributed by atoms with van der Waals surface area (Å²) in [6.45, 7) is 2.71. The number of carbonyl (C=O) groups excluding carboxylic acids is 2. The van der Waals surface area contributed by atoms with Crippen molar-refractivity contribution in [2.24, 2.45) is 21.2 Å². The number of hydrogen-bond donors (Lipinski definition) is 2. The molecule has 0 spiro atoms. The van der Waals surface area contributed by atoms with Crippen LogP contribution in [0.15, 0.2) is 62.5 Å². The molecule has 0 atom stereocenters. The van der Waals surface area contributed by atoms with Gasteiger partial charge in [0.2, 0.25) is 0 Å². The average molecular weight is 513 g/mol. The summed E-state index contributed by atoms with van der Waals surface area (Å²) in [5, 5.41) is 19.2. The zero-order valence-corrected chi connectivity index (χ0v) is 19.5. The Labute approximate surface area is 197 Å². The zero-order valence-electron chi connectivity index (χ0n) is 17.9. The Balaban J connectivity index is 1.50. The Morgan fingerprint density at radius 2 is 2.06 bits per heavy atom. The largest absolute Gasteiger partial charge is 0.453 e. The lowest BCUT2D eigenvalue weighted by molar-refractivity contribution is 0.0885. The SMILES string of the molecule is COC(=O)N1CC(N=N/C(=N\N)c2ccc(C)c(NC(=O)c3cnn4ccc(Br)cc34)c2)C1. The lowest BCUT2D eigenvalue weighted by atomic mass is 10.1. The summed E-state index contributed by atoms with van der Waals surface area (Å²) in [6.07, 6.45) is 2.89. The van der Waals surface area contributed by atoms with Gasteiger partial charge >= 0.3 is 6.09 Å². The fraction of sp³-hybridized carbons (Fsp3) is 0.238. The second kappa shape index (κ2) is 9.36. The number of halogens is 1. The van der Waals surface area contributed by atoms with Gasteiger partial charge in [0.1, 0.15) is 6.04 Å². The Kier molecular flexibility index (Phi) is 6.36. The van der Waals surface area contributed by atoms with Crippen LogP contribution in [0.1, 0.15) is 21.5 Å². The number of aromatic nitrogens is 2. The smallest absolute Gasteiger partial charge is 0.409 e. The molecule has 3 N–H and O–H groups in total. The van der Waals surface area contributed by atoms with Crippen LogP contribution in [0.5, 0.6) is 0 Å². The van der Waals surface area contributed by atoms with E-state index >= 15 is 0 Å². The number of benzene rings is 1. The number of pyridine rings is 1. The van der Waals surface area contributed by atoms with E-state index in [1.54, 1.807) is 22.8 Å². The molecule has 0 radical (unpaired) electrons. The third-order valence-electron chi connectivity index (χ3n) is 5.21. The number of likely N-dealkylation sites (tertiary alicyclic amines) is 1. The van der Waals surface area contributed by atoms with E-state index < -0.39 is 6.09 Å². The van der Waals surface area contributed by atoms with Crippen LogP contribution < -0.4 is 11.2 Å². The van der Waals surface area contributed by atoms with Crippen LogP contribution in [0, 0.1) is 6.92 Å². The van der Waals surface area contributed by atoms with Crippen LogP contribution in [0.4, 0.5) is 10.5 Å². The minimum atomic E-state index is -0.397. The molecule has 1 fully saturated rings. The monoisotopic (exact) mass is 512 g/mol. The average Bonchev–Trinajstić information content (AvgIpc) is 3.19. The first kappa shape index (κ1) is 22.4. The molecule has 12 heteroatoms. The molecule has 1 aliphatic heterocycles. The molecule has 1 aromatic carbocycles. The van der Waals surface area contributed by atoms with Crippen LogP contribution >= 0.6 is 15.9 Å². The maximum Gasteiger partial charge on any atom is 0.409 e. The highest BCUT2D eigenvalue weighted by Crippen LogP contribution is 2.22. The number of nitrogens with zero attached hydrogens (tertiary/aromatic N) is 6. The Morgan fingerprint density at radius 3 is 2.79 bits per heavy atom. The number of nitrogens with one attached hydrogen (secondary N) is 1. The van der Waals surface area contributed by atoms with E-state index in [1.165, 1.54) is 18.2 Å². The summed E-state index contributed by atoms with van der Waals surface area (Å²) in [6, 6.07) is 8.88. The lowest BCUT2D eigenvalue weighted by Crippen LogP contribution is -2.52. The van der Waals surface area contributed by atoms with Crippen molar-refractivity contribution in [3.8, 4) is 0 Å². The topological polar surface area (TPSA) is 139 Å². The Hall–Kier alpha value is -3.80. The van der Waals surface area contributed by atoms with Crippen LogP contribution in [0.3, 0.4) is 0 Å². The quantitative estimate of drug-likeness (QED) is 0.181. The summed E-state index contributed by atoms with van der Waals surface area (Å²) < 4.78 is 7.13. The molecular formula is C21H21BrN8O3. The van der Waals surface area contributed by atoms with Gasteiger partial charge < -0.3 is 20.8 Å². The second-order valence-electron chi connectivity index (χ2n) is 7.41. The highest BCUT2D eigenvalue weighted by atomic mass is 79.9. The van der Waals surface area contributed by atoms with Gasteiger partial charge in [-0.3, -0.25) is 4.79 Å². The zero-order chi connectivity index (χ0) is 23.5. The van der Waals surface area contributed by atoms with Crippen molar-refractivity contribution >= 4 is 45.0 Å². The first-order valence-electron chi connectivity index (χ1n) is 9.96. The number of ether oxygens (including phenoxy) is 1. The molecule has 0 bridgehead atoms. The number of methoxy groups -OCH3 is 1. The van der Waals surface area contributed by atoms with Crippen molar-refractivity contribution in [3.05, 3.63) is 63.9 Å². The molecule has 1 aliphatic rings. The number of rotatable bonds is 4. The van der Waals surface area contributed by atoms with Gasteiger partial charge in [-0.05, 0) is 30.7 Å². The molecule has 0 aliphatic carbocycles. The van der Waals surface area contributed by atoms with E-state index in [2.05, 4.69) is 46.4 Å². The summed E-state index contributed by atoms with van der Waals surface area (Å²) in [7, 11) is 1.33. The molecule has 33 heavy (non-hydrogen) atoms. The molecule has 2 aromatic heterocycles. The fourth-order valence-electron chi connectivity index (χ4n) is 3.32. The number of aryl methyl sites for hydroxylation is 1. The van der Waals surface area contributed by atoms with E-state index in [9.17, 15) is 9.59 Å². The number of hydrogen-bond acceptors (Lipinski definition) is 7. The van der Waals surface area contributed by atoms with Gasteiger partial charge in [0.15, 0.2) is 5.84 Å². The Morgan fingerprint density at radius 1 is 1.27 bits per heavy atom. The van der Waals surface area contributed by atoms with Crippen molar-refractivity contribution in [2.75, 3.05) is 25.5 Å². The summed E-state index contributed by atoms with van der Waals surface area (Å²) in [5.41, 5.74) is 3.15. The van der Waals surface area contributed by atoms with Crippen molar-refractivity contribution in [1.82, 2.24) is 14.5 Å². The van der Waals surface area contributed by atoms with Gasteiger partial charge in [-0.2, -0.15) is 15.3 Å². The van der Waals surface area contributed by atoms with Crippen molar-refractivity contribution in [1.29, 1.82) is 0 Å². The molecule has 0 unspecified atom stereocenters. The molecule has 2 amide bonds. The molecule has 3 aromatic rings. The predicted octanol–water partition coefficient (Wildman–Crippen LogP) is 3.18. The number of azo groups is 1. The van der Waals surface area contributed by atoms with Crippen LogP contribution in [0.25, 0.3) is 5.52 Å². The summed E-state index contributed by atoms with van der Waals surface area (Å²) >= 11 is 3.42. The number of hydrazone groups is 1. The number of carbonyl (C=O) groups is 2. The molecule has 170 valence electrons. The number of amidine groups is 1. The minimum Gasteiger partial charge on any atom is -0.453 e. The van der Waals surface area contributed by atoms with Gasteiger partial charge in [-0.25, -0.2) is 9.31 Å². The number of nitrogens with two attached hydrogens (primary N) is 1. The molecular weight excluding hydrogens is 492 g/mol. The van der Waals surface area contributed by atoms with E-state index in [4.69, 9.17) is 5.84 Å². The highest BCUT2D eigenvalue weighted by molar-refractivity contribution is 9.10. The maximum absolute atomic E-state index is 13.0. The molecule has 3 heterocycles. The van der Waals surface area contributed by atoms with Gasteiger partial charge in [-0.15, -0.1) is 5.11 Å². The number of fused-ring (bicyclic) bond motifs is 1. The second-order valence-corrected chi connectivity index (χ2v) is 8.33. The predicted molar refractivity (Wildman–Crippen MR) is 125 cm³/mol. The van der Waals surface area contributed by atoms with Crippen LogP contribution in [-0.4, -0.2) is 58.6 Å². The van der Waals surface area contributed by atoms with Crippen LogP contribution in [0.2, 0.25) is 0 Å². The first-order valence-corrected chi connectivity index (χ1v) is 10.8. The molecule has 0 saturated carbocycles. The standard InChI is InChI=1S/C21H21BrN8O3/c1-12-3-4-13(19(26-23)28-27-15-10-29(11-15)21(32)33-2)7-17(12)25-20(31)16-9-24-30-6-5-14(22)8-18(16)30/h3-9,15H,10-11,23H2,1-2H3,(H,25,31)/b26-19-,28-27?. The van der Waals surface area contributed by atoms with Crippen molar-refractivity contribution in [2.45, 2.75) is 13.0 Å². The minimum absolute atomic E-state index is 0.152. The van der Waals surface area contributed by atoms with Gasteiger partial charge in [0.05, 0.1) is 37.5 Å². The third-order valence-corrected chi connectivity index (χ3v) is 5.70. The van der Waals surface area contributed by atoms with E-state index in [-0.39, 0.29) is 17.8 Å². The van der Waals surface area contributed by atoms with Gasteiger partial charge in [0.25, 0.3) is 5.91 Å². The van der Waals surface area contributed by atoms with E-state index in [0.29, 0.717) is 35.4 Å². The molecule has 4 rings (SSSR count). The number of amides is 2.